The molecular formula is C15H19N3. The van der Waals surface area contributed by atoms with Crippen LogP contribution in [0.5, 0.6) is 0 Å². The monoisotopic (exact) mass is 241 g/mol. The lowest BCUT2D eigenvalue weighted by Crippen LogP contribution is -2.05. The molecular weight excluding hydrogens is 222 g/mol. The molecule has 0 aliphatic carbocycles. The van der Waals surface area contributed by atoms with Crippen molar-refractivity contribution >= 4 is 5.82 Å². The highest BCUT2D eigenvalue weighted by molar-refractivity contribution is 5.71. The number of benzene rings is 1. The maximum Gasteiger partial charge on any atom is 0.132 e. The molecule has 18 heavy (non-hydrogen) atoms. The van der Waals surface area contributed by atoms with E-state index in [1.807, 2.05) is 10.6 Å². The second-order valence-corrected chi connectivity index (χ2v) is 4.38. The molecule has 0 bridgehead atoms. The first-order chi connectivity index (χ1) is 8.67. The molecule has 0 aliphatic rings. The van der Waals surface area contributed by atoms with Gasteiger partial charge < -0.3 is 10.3 Å². The fraction of sp³-hybridized carbons (Fsp3) is 0.267. The van der Waals surface area contributed by atoms with Gasteiger partial charge in [-0.05, 0) is 6.92 Å². The quantitative estimate of drug-likeness (QED) is 0.835. The lowest BCUT2D eigenvalue weighted by atomic mass is 10.1. The molecule has 2 N–H and O–H groups in total. The van der Waals surface area contributed by atoms with Crippen molar-refractivity contribution in [1.29, 1.82) is 0 Å². The maximum absolute atomic E-state index is 6.19. The molecule has 2 rings (SSSR count). The van der Waals surface area contributed by atoms with Gasteiger partial charge in [-0.2, -0.15) is 0 Å². The molecule has 1 heterocycles. The Labute approximate surface area is 108 Å². The molecule has 0 radical (unpaired) electrons. The van der Waals surface area contributed by atoms with E-state index in [2.05, 4.69) is 49.7 Å². The van der Waals surface area contributed by atoms with Gasteiger partial charge in [0.25, 0.3) is 0 Å². The van der Waals surface area contributed by atoms with Gasteiger partial charge in [-0.15, -0.1) is 6.58 Å². The van der Waals surface area contributed by atoms with E-state index in [1.165, 1.54) is 5.56 Å². The van der Waals surface area contributed by atoms with Crippen molar-refractivity contribution in [2.75, 3.05) is 5.73 Å². The van der Waals surface area contributed by atoms with E-state index >= 15 is 0 Å². The maximum atomic E-state index is 6.19. The molecule has 2 aromatic rings. The topological polar surface area (TPSA) is 43.8 Å². The lowest BCUT2D eigenvalue weighted by Gasteiger charge is -2.05. The van der Waals surface area contributed by atoms with Crippen LogP contribution in [0.2, 0.25) is 0 Å². The first-order valence-corrected chi connectivity index (χ1v) is 6.20. The number of allylic oxidation sites excluding steroid dienone is 1. The molecule has 3 nitrogen and oxygen atoms in total. The Balaban J connectivity index is 2.51. The van der Waals surface area contributed by atoms with Crippen LogP contribution in [-0.2, 0) is 13.0 Å². The standard InChI is InChI=1S/C15H19N3/c1-4-10-18-13(5-2)17-14(15(18)16)12-8-6-11(3)7-9-12/h4,6-9H,1,5,10,16H2,2-3H3. The number of imidazole rings is 1. The highest BCUT2D eigenvalue weighted by atomic mass is 15.1. The summed E-state index contributed by atoms with van der Waals surface area (Å²) in [7, 11) is 0. The molecule has 0 saturated carbocycles. The number of nitrogens with two attached hydrogens (primary N) is 1. The Morgan fingerprint density at radius 1 is 1.33 bits per heavy atom. The summed E-state index contributed by atoms with van der Waals surface area (Å²) in [5, 5.41) is 0. The van der Waals surface area contributed by atoms with E-state index in [0.29, 0.717) is 6.54 Å². The number of anilines is 1. The van der Waals surface area contributed by atoms with Gasteiger partial charge in [0, 0.05) is 18.5 Å². The van der Waals surface area contributed by atoms with E-state index in [9.17, 15) is 0 Å². The summed E-state index contributed by atoms with van der Waals surface area (Å²) in [5.41, 5.74) is 9.36. The summed E-state index contributed by atoms with van der Waals surface area (Å²) in [5.74, 6) is 1.72. The van der Waals surface area contributed by atoms with Crippen LogP contribution in [0.4, 0.5) is 5.82 Å². The minimum Gasteiger partial charge on any atom is -0.383 e. The van der Waals surface area contributed by atoms with Crippen LogP contribution < -0.4 is 5.73 Å². The Hall–Kier alpha value is -2.03. The number of aromatic nitrogens is 2. The molecule has 1 aromatic carbocycles. The van der Waals surface area contributed by atoms with Crippen LogP contribution in [0.15, 0.2) is 36.9 Å². The van der Waals surface area contributed by atoms with Crippen molar-refractivity contribution in [2.45, 2.75) is 26.8 Å². The smallest absolute Gasteiger partial charge is 0.132 e. The predicted octanol–water partition coefficient (Wildman–Crippen LogP) is 3.19. The third-order valence-electron chi connectivity index (χ3n) is 3.04. The van der Waals surface area contributed by atoms with Crippen molar-refractivity contribution in [2.24, 2.45) is 0 Å². The number of nitrogen functional groups attached to an aromatic ring is 1. The van der Waals surface area contributed by atoms with Gasteiger partial charge in [-0.25, -0.2) is 4.98 Å². The van der Waals surface area contributed by atoms with E-state index in [-0.39, 0.29) is 0 Å². The summed E-state index contributed by atoms with van der Waals surface area (Å²) in [6.07, 6.45) is 2.71. The summed E-state index contributed by atoms with van der Waals surface area (Å²) >= 11 is 0. The van der Waals surface area contributed by atoms with Gasteiger partial charge in [0.2, 0.25) is 0 Å². The molecule has 0 saturated heterocycles. The molecule has 0 spiro atoms. The SMILES string of the molecule is C=CCn1c(CC)nc(-c2ccc(C)cc2)c1N. The molecule has 0 amide bonds. The second-order valence-electron chi connectivity index (χ2n) is 4.38. The number of hydrogen-bond acceptors (Lipinski definition) is 2. The third kappa shape index (κ3) is 2.16. The Bertz CT molecular complexity index is 550. The zero-order valence-corrected chi connectivity index (χ0v) is 11.0. The van der Waals surface area contributed by atoms with Crippen LogP contribution in [0.25, 0.3) is 11.3 Å². The van der Waals surface area contributed by atoms with Crippen LogP contribution in [0.1, 0.15) is 18.3 Å². The first-order valence-electron chi connectivity index (χ1n) is 6.20. The number of aryl methyl sites for hydroxylation is 2. The van der Waals surface area contributed by atoms with E-state index in [4.69, 9.17) is 5.73 Å². The summed E-state index contributed by atoms with van der Waals surface area (Å²) in [4.78, 5) is 4.64. The van der Waals surface area contributed by atoms with Gasteiger partial charge in [-0.1, -0.05) is 42.8 Å². The van der Waals surface area contributed by atoms with Gasteiger partial charge in [0.15, 0.2) is 0 Å². The fourth-order valence-electron chi connectivity index (χ4n) is 2.04. The Morgan fingerprint density at radius 3 is 2.56 bits per heavy atom. The van der Waals surface area contributed by atoms with Crippen LogP contribution >= 0.6 is 0 Å². The molecule has 3 heteroatoms. The van der Waals surface area contributed by atoms with Crippen LogP contribution in [0.3, 0.4) is 0 Å². The highest BCUT2D eigenvalue weighted by Gasteiger charge is 2.13. The molecule has 1 aromatic heterocycles. The van der Waals surface area contributed by atoms with Gasteiger partial charge >= 0.3 is 0 Å². The fourth-order valence-corrected chi connectivity index (χ4v) is 2.04. The van der Waals surface area contributed by atoms with Crippen molar-refractivity contribution in [1.82, 2.24) is 9.55 Å². The zero-order chi connectivity index (χ0) is 13.1. The summed E-state index contributed by atoms with van der Waals surface area (Å²) < 4.78 is 2.02. The largest absolute Gasteiger partial charge is 0.383 e. The van der Waals surface area contributed by atoms with E-state index in [1.54, 1.807) is 0 Å². The number of hydrogen-bond donors (Lipinski definition) is 1. The Morgan fingerprint density at radius 2 is 2.00 bits per heavy atom. The normalized spacial score (nSPS) is 10.6. The molecule has 0 aliphatic heterocycles. The van der Waals surface area contributed by atoms with E-state index in [0.717, 1.165) is 29.3 Å². The first kappa shape index (κ1) is 12.4. The molecule has 0 atom stereocenters. The van der Waals surface area contributed by atoms with Crippen molar-refractivity contribution in [3.05, 3.63) is 48.3 Å². The average Bonchev–Trinajstić information content (AvgIpc) is 2.69. The van der Waals surface area contributed by atoms with Crippen molar-refractivity contribution in [3.63, 3.8) is 0 Å². The number of nitrogens with zero attached hydrogens (tertiary/aromatic N) is 2. The van der Waals surface area contributed by atoms with Crippen molar-refractivity contribution in [3.8, 4) is 11.3 Å². The van der Waals surface area contributed by atoms with Crippen LogP contribution in [0, 0.1) is 6.92 Å². The average molecular weight is 241 g/mol. The predicted molar refractivity (Wildman–Crippen MR) is 76.4 cm³/mol. The Kier molecular flexibility index (Phi) is 3.51. The van der Waals surface area contributed by atoms with E-state index < -0.39 is 0 Å². The lowest BCUT2D eigenvalue weighted by molar-refractivity contribution is 0.757. The highest BCUT2D eigenvalue weighted by Crippen LogP contribution is 2.26. The van der Waals surface area contributed by atoms with Crippen LogP contribution in [-0.4, -0.2) is 9.55 Å². The van der Waals surface area contributed by atoms with Gasteiger partial charge in [-0.3, -0.25) is 0 Å². The minimum atomic E-state index is 0.702. The molecule has 0 unspecified atom stereocenters. The minimum absolute atomic E-state index is 0.702. The third-order valence-corrected chi connectivity index (χ3v) is 3.04. The summed E-state index contributed by atoms with van der Waals surface area (Å²) in [6, 6.07) is 8.28. The molecule has 94 valence electrons. The van der Waals surface area contributed by atoms with Crippen molar-refractivity contribution < 1.29 is 0 Å². The molecule has 0 fully saturated rings. The number of rotatable bonds is 4. The van der Waals surface area contributed by atoms with Gasteiger partial charge in [0.05, 0.1) is 0 Å². The van der Waals surface area contributed by atoms with Gasteiger partial charge in [0.1, 0.15) is 17.3 Å². The zero-order valence-electron chi connectivity index (χ0n) is 11.0. The second kappa shape index (κ2) is 5.08. The summed E-state index contributed by atoms with van der Waals surface area (Å²) in [6.45, 7) is 8.62.